The molecule has 0 atom stereocenters. The SMILES string of the molecule is Cc1[pH]c(C)c(C)c1C.Cl.Cl.O=P(c1ccccc1)(c1ccccc1)C(P(=O)(c1ccccc1)c1ccccc1)P(=O)(c1ccccc1)c1ccccc1.[Zr]. The maximum Gasteiger partial charge on any atom is 0.161 e. The second-order valence-electron chi connectivity index (χ2n) is 13.0. The third-order valence-corrected chi connectivity index (χ3v) is 25.6. The maximum absolute atomic E-state index is 16.6. The molecule has 1 heterocycles. The van der Waals surface area contributed by atoms with Crippen molar-refractivity contribution in [2.24, 2.45) is 0 Å². The topological polar surface area (TPSA) is 51.2 Å². The molecular weight excluding hydrogens is 875 g/mol. The summed E-state index contributed by atoms with van der Waals surface area (Å²) in [6.45, 7) is 8.89. The number of hydrogen-bond donors (Lipinski definition) is 0. The first-order valence-corrected chi connectivity index (χ1v) is 23.7. The van der Waals surface area contributed by atoms with E-state index in [0.29, 0.717) is 31.8 Å². The van der Waals surface area contributed by atoms with E-state index in [-0.39, 0.29) is 51.0 Å². The van der Waals surface area contributed by atoms with E-state index in [1.807, 2.05) is 182 Å². The molecule has 0 saturated heterocycles. The summed E-state index contributed by atoms with van der Waals surface area (Å²) in [5, 5.41) is 4.95. The van der Waals surface area contributed by atoms with Crippen LogP contribution in [0.4, 0.5) is 0 Å². The molecular formula is C45H46Cl2O3P4Zr. The van der Waals surface area contributed by atoms with Gasteiger partial charge in [0.2, 0.25) is 0 Å². The largest absolute Gasteiger partial charge is 0.312 e. The van der Waals surface area contributed by atoms with E-state index in [0.717, 1.165) is 8.19 Å². The molecule has 0 amide bonds. The van der Waals surface area contributed by atoms with Crippen LogP contribution in [0.15, 0.2) is 182 Å². The number of rotatable bonds is 9. The van der Waals surface area contributed by atoms with Crippen LogP contribution in [-0.2, 0) is 39.9 Å². The molecule has 3 nitrogen and oxygen atoms in total. The molecule has 0 aliphatic carbocycles. The molecule has 7 rings (SSSR count). The van der Waals surface area contributed by atoms with Gasteiger partial charge in [-0.1, -0.05) is 182 Å². The van der Waals surface area contributed by atoms with Gasteiger partial charge in [0.25, 0.3) is 0 Å². The molecule has 0 bridgehead atoms. The first-order valence-electron chi connectivity index (χ1n) is 17.4. The molecule has 55 heavy (non-hydrogen) atoms. The summed E-state index contributed by atoms with van der Waals surface area (Å²) in [6.07, 6.45) is 0. The standard InChI is InChI=1S/C37H31O3P3.C8H13P.2ClH.Zr/c38-41(31-19-7-1-8-20-31,32-21-9-2-10-22-32)37(42(39,33-23-11-3-12-24-33)34-25-13-4-14-26-34)43(40,35-27-15-5-16-28-35)36-29-17-6-18-30-36;1-5-6(2)8(4)9-7(5)3;;;/h1-30,37H;9H,1-4H3;2*1H;. The summed E-state index contributed by atoms with van der Waals surface area (Å²) in [7, 11) is -10.9. The van der Waals surface area contributed by atoms with Crippen LogP contribution in [0.5, 0.6) is 0 Å². The van der Waals surface area contributed by atoms with Crippen molar-refractivity contribution in [1.29, 1.82) is 0 Å². The number of hydrogen-bond acceptors (Lipinski definition) is 3. The fraction of sp³-hybridized carbons (Fsp3) is 0.111. The average Bonchev–Trinajstić information content (AvgIpc) is 3.44. The first kappa shape index (κ1) is 46.6. The summed E-state index contributed by atoms with van der Waals surface area (Å²) in [5.74, 6) is 0. The molecule has 0 unspecified atom stereocenters. The third-order valence-electron chi connectivity index (χ3n) is 9.88. The van der Waals surface area contributed by atoms with Crippen molar-refractivity contribution in [2.75, 3.05) is 0 Å². The van der Waals surface area contributed by atoms with Crippen LogP contribution in [0.2, 0.25) is 0 Å². The molecule has 0 radical (unpaired) electrons. The van der Waals surface area contributed by atoms with Crippen molar-refractivity contribution in [3.8, 4) is 0 Å². The minimum absolute atomic E-state index is 0. The van der Waals surface area contributed by atoms with E-state index in [1.54, 1.807) is 10.6 Å². The summed E-state index contributed by atoms with van der Waals surface area (Å²) in [4.78, 5) is 0. The maximum atomic E-state index is 16.6. The second-order valence-corrected chi connectivity index (χ2v) is 24.5. The van der Waals surface area contributed by atoms with Crippen LogP contribution in [0.25, 0.3) is 0 Å². The van der Waals surface area contributed by atoms with Gasteiger partial charge in [-0.3, -0.25) is 0 Å². The predicted octanol–water partition coefficient (Wildman–Crippen LogP) is 11.1. The van der Waals surface area contributed by atoms with Crippen molar-refractivity contribution in [1.82, 2.24) is 0 Å². The zero-order chi connectivity index (χ0) is 36.8. The van der Waals surface area contributed by atoms with Crippen LogP contribution in [0.3, 0.4) is 0 Å². The third kappa shape index (κ3) is 9.36. The van der Waals surface area contributed by atoms with E-state index < -0.39 is 26.6 Å². The van der Waals surface area contributed by atoms with Crippen LogP contribution >= 0.6 is 54.4 Å². The molecule has 0 aliphatic heterocycles. The zero-order valence-electron chi connectivity index (χ0n) is 31.3. The van der Waals surface area contributed by atoms with Gasteiger partial charge in [-0.05, 0) is 49.4 Å². The van der Waals surface area contributed by atoms with Crippen molar-refractivity contribution in [2.45, 2.75) is 32.8 Å². The summed E-state index contributed by atoms with van der Waals surface area (Å²) < 4.78 is 49.7. The average molecular weight is 921 g/mol. The van der Waals surface area contributed by atoms with Gasteiger partial charge >= 0.3 is 0 Å². The molecule has 0 N–H and O–H groups in total. The van der Waals surface area contributed by atoms with Gasteiger partial charge in [0.15, 0.2) is 21.4 Å². The molecule has 7 aromatic rings. The molecule has 10 heteroatoms. The van der Waals surface area contributed by atoms with E-state index >= 15 is 13.7 Å². The second kappa shape index (κ2) is 20.6. The van der Waals surface area contributed by atoms with Gasteiger partial charge in [-0.2, -0.15) is 0 Å². The number of benzene rings is 6. The minimum Gasteiger partial charge on any atom is -0.312 e. The van der Waals surface area contributed by atoms with Crippen molar-refractivity contribution in [3.05, 3.63) is 204 Å². The Morgan fingerprint density at radius 2 is 0.509 bits per heavy atom. The van der Waals surface area contributed by atoms with Crippen LogP contribution in [0, 0.1) is 27.7 Å². The van der Waals surface area contributed by atoms with Gasteiger partial charge in [0.05, 0.1) is 0 Å². The molecule has 282 valence electrons. The van der Waals surface area contributed by atoms with E-state index in [1.165, 1.54) is 11.1 Å². The fourth-order valence-electron chi connectivity index (χ4n) is 6.86. The number of aryl methyl sites for hydroxylation is 2. The summed E-state index contributed by atoms with van der Waals surface area (Å²) >= 11 is 0. The van der Waals surface area contributed by atoms with E-state index in [2.05, 4.69) is 27.7 Å². The van der Waals surface area contributed by atoms with Gasteiger partial charge in [0, 0.05) is 58.0 Å². The Hall–Kier alpha value is -2.75. The van der Waals surface area contributed by atoms with Crippen LogP contribution in [-0.4, -0.2) is 5.14 Å². The molecule has 6 aromatic carbocycles. The molecule has 1 aromatic heterocycles. The molecule has 0 saturated carbocycles. The van der Waals surface area contributed by atoms with Gasteiger partial charge in [-0.15, -0.1) is 33.0 Å². The van der Waals surface area contributed by atoms with E-state index in [9.17, 15) is 0 Å². The van der Waals surface area contributed by atoms with Crippen LogP contribution < -0.4 is 31.8 Å². The Morgan fingerprint density at radius 1 is 0.345 bits per heavy atom. The summed E-state index contributed by atoms with van der Waals surface area (Å²) in [5.41, 5.74) is 3.04. The summed E-state index contributed by atoms with van der Waals surface area (Å²) in [6, 6.07) is 55.2. The predicted molar refractivity (Wildman–Crippen MR) is 242 cm³/mol. The van der Waals surface area contributed by atoms with Gasteiger partial charge in [0.1, 0.15) is 5.14 Å². The zero-order valence-corrected chi connectivity index (χ0v) is 39.1. The Bertz CT molecular complexity index is 2000. The molecule has 0 spiro atoms. The Labute approximate surface area is 360 Å². The first-order chi connectivity index (χ1) is 25.1. The van der Waals surface area contributed by atoms with Crippen molar-refractivity contribution >= 4 is 86.3 Å². The molecule has 0 aliphatic rings. The Morgan fingerprint density at radius 3 is 0.636 bits per heavy atom. The van der Waals surface area contributed by atoms with Crippen molar-refractivity contribution in [3.63, 3.8) is 0 Å². The van der Waals surface area contributed by atoms with Gasteiger partial charge in [-0.25, -0.2) is 0 Å². The molecule has 0 fully saturated rings. The monoisotopic (exact) mass is 918 g/mol. The van der Waals surface area contributed by atoms with Gasteiger partial charge < -0.3 is 13.7 Å². The fourth-order valence-corrected chi connectivity index (χ4v) is 24.7. The number of halogens is 2. The Balaban J connectivity index is 0.000000598. The van der Waals surface area contributed by atoms with E-state index in [4.69, 9.17) is 0 Å². The quantitative estimate of drug-likeness (QED) is 0.136. The van der Waals surface area contributed by atoms with Crippen LogP contribution in [0.1, 0.15) is 21.7 Å². The van der Waals surface area contributed by atoms with Crippen molar-refractivity contribution < 1.29 is 39.9 Å². The minimum atomic E-state index is -3.97. The smallest absolute Gasteiger partial charge is 0.161 e. The normalized spacial score (nSPS) is 11.2. The Kier molecular flexibility index (Phi) is 17.5.